The number of methoxy groups -OCH3 is 1. The zero-order chi connectivity index (χ0) is 24.4. The van der Waals surface area contributed by atoms with Crippen LogP contribution < -0.4 is 16.2 Å². The maximum Gasteiger partial charge on any atom is 0.410 e. The number of nitrogen functional groups attached to an aromatic ring is 2. The molecular weight excluding hydrogens is 444 g/mol. The molecule has 0 aliphatic carbocycles. The SMILES string of the molecule is COc1cc(-c2nn(C3CCN(C(=O)OCc4ccccc4)CC3)c3ccnc(N)c23)ccc1N. The number of rotatable bonds is 5. The van der Waals surface area contributed by atoms with E-state index in [9.17, 15) is 4.79 Å². The Labute approximate surface area is 203 Å². The summed E-state index contributed by atoms with van der Waals surface area (Å²) in [6.07, 6.45) is 2.91. The van der Waals surface area contributed by atoms with Gasteiger partial charge in [0, 0.05) is 24.8 Å². The number of nitrogens with zero attached hydrogens (tertiary/aromatic N) is 4. The third-order valence-corrected chi connectivity index (χ3v) is 6.43. The molecule has 180 valence electrons. The third kappa shape index (κ3) is 4.44. The fourth-order valence-electron chi connectivity index (χ4n) is 4.55. The molecule has 1 aliphatic heterocycles. The topological polar surface area (TPSA) is 122 Å². The summed E-state index contributed by atoms with van der Waals surface area (Å²) in [6, 6.07) is 17.3. The fraction of sp³-hybridized carbons (Fsp3) is 0.269. The molecule has 9 nitrogen and oxygen atoms in total. The molecular formula is C26H28N6O3. The van der Waals surface area contributed by atoms with Crippen LogP contribution in [0.5, 0.6) is 5.75 Å². The lowest BCUT2D eigenvalue weighted by molar-refractivity contribution is 0.0825. The number of aromatic nitrogens is 3. The molecule has 0 bridgehead atoms. The summed E-state index contributed by atoms with van der Waals surface area (Å²) < 4.78 is 12.9. The number of likely N-dealkylation sites (tertiary alicyclic amines) is 1. The molecule has 0 atom stereocenters. The predicted octanol–water partition coefficient (Wildman–Crippen LogP) is 4.25. The van der Waals surface area contributed by atoms with Crippen molar-refractivity contribution in [2.75, 3.05) is 31.7 Å². The summed E-state index contributed by atoms with van der Waals surface area (Å²) in [5.74, 6) is 0.997. The number of piperidine rings is 1. The van der Waals surface area contributed by atoms with Crippen molar-refractivity contribution in [2.24, 2.45) is 0 Å². The van der Waals surface area contributed by atoms with Gasteiger partial charge in [-0.1, -0.05) is 36.4 Å². The summed E-state index contributed by atoms with van der Waals surface area (Å²) in [6.45, 7) is 1.44. The van der Waals surface area contributed by atoms with Gasteiger partial charge in [-0.3, -0.25) is 4.68 Å². The zero-order valence-electron chi connectivity index (χ0n) is 19.6. The number of hydrogen-bond donors (Lipinski definition) is 2. The van der Waals surface area contributed by atoms with Gasteiger partial charge in [0.05, 0.1) is 29.7 Å². The summed E-state index contributed by atoms with van der Waals surface area (Å²) in [4.78, 5) is 18.6. The van der Waals surface area contributed by atoms with E-state index >= 15 is 0 Å². The van der Waals surface area contributed by atoms with Crippen LogP contribution in [0.3, 0.4) is 0 Å². The summed E-state index contributed by atoms with van der Waals surface area (Å²) in [5, 5.41) is 5.76. The minimum atomic E-state index is -0.291. The predicted molar refractivity (Wildman–Crippen MR) is 135 cm³/mol. The number of carbonyl (C=O) groups excluding carboxylic acids is 1. The first-order valence-electron chi connectivity index (χ1n) is 11.6. The van der Waals surface area contributed by atoms with Gasteiger partial charge in [-0.2, -0.15) is 5.10 Å². The number of benzene rings is 2. The molecule has 35 heavy (non-hydrogen) atoms. The minimum absolute atomic E-state index is 0.113. The van der Waals surface area contributed by atoms with Gasteiger partial charge in [0.25, 0.3) is 0 Å². The Morgan fingerprint density at radius 3 is 2.60 bits per heavy atom. The molecule has 1 amide bonds. The molecule has 4 N–H and O–H groups in total. The van der Waals surface area contributed by atoms with Crippen molar-refractivity contribution in [3.63, 3.8) is 0 Å². The van der Waals surface area contributed by atoms with Gasteiger partial charge in [0.15, 0.2) is 0 Å². The lowest BCUT2D eigenvalue weighted by Gasteiger charge is -2.31. The number of fused-ring (bicyclic) bond motifs is 1. The van der Waals surface area contributed by atoms with Crippen LogP contribution in [0.1, 0.15) is 24.4 Å². The number of hydrogen-bond acceptors (Lipinski definition) is 7. The first-order chi connectivity index (χ1) is 17.0. The van der Waals surface area contributed by atoms with Crippen LogP contribution >= 0.6 is 0 Å². The summed E-state index contributed by atoms with van der Waals surface area (Å²) in [5.41, 5.74) is 16.3. The van der Waals surface area contributed by atoms with Crippen molar-refractivity contribution in [3.8, 4) is 17.0 Å². The first-order valence-corrected chi connectivity index (χ1v) is 11.6. The Morgan fingerprint density at radius 1 is 1.09 bits per heavy atom. The monoisotopic (exact) mass is 472 g/mol. The van der Waals surface area contributed by atoms with Gasteiger partial charge in [-0.15, -0.1) is 0 Å². The number of amides is 1. The van der Waals surface area contributed by atoms with Crippen LogP contribution in [0.4, 0.5) is 16.3 Å². The molecule has 0 unspecified atom stereocenters. The average Bonchev–Trinajstić information content (AvgIpc) is 3.29. The molecule has 0 radical (unpaired) electrons. The van der Waals surface area contributed by atoms with Crippen LogP contribution in [0.25, 0.3) is 22.2 Å². The Morgan fingerprint density at radius 2 is 1.86 bits per heavy atom. The van der Waals surface area contributed by atoms with Crippen molar-refractivity contribution in [2.45, 2.75) is 25.5 Å². The van der Waals surface area contributed by atoms with Gasteiger partial charge in [-0.25, -0.2) is 9.78 Å². The molecule has 1 aliphatic rings. The van der Waals surface area contributed by atoms with E-state index < -0.39 is 0 Å². The zero-order valence-corrected chi connectivity index (χ0v) is 19.6. The normalized spacial score (nSPS) is 14.3. The molecule has 2 aromatic carbocycles. The molecule has 1 fully saturated rings. The van der Waals surface area contributed by atoms with E-state index in [1.807, 2.05) is 53.2 Å². The Bertz CT molecular complexity index is 1350. The smallest absolute Gasteiger partial charge is 0.410 e. The van der Waals surface area contributed by atoms with E-state index in [1.54, 1.807) is 24.3 Å². The van der Waals surface area contributed by atoms with Crippen LogP contribution in [-0.4, -0.2) is 46.0 Å². The highest BCUT2D eigenvalue weighted by atomic mass is 16.6. The van der Waals surface area contributed by atoms with Crippen LogP contribution in [0, 0.1) is 0 Å². The standard InChI is InChI=1S/C26H28N6O3/c1-34-22-15-18(7-8-20(22)27)24-23-21(9-12-29-25(23)28)32(30-24)19-10-13-31(14-11-19)26(33)35-16-17-5-3-2-4-6-17/h2-9,12,15,19H,10-11,13-14,16,27H2,1H3,(H2,28,29). The van der Waals surface area contributed by atoms with Crippen LogP contribution in [-0.2, 0) is 11.3 Å². The molecule has 1 saturated heterocycles. The molecule has 0 spiro atoms. The second kappa shape index (κ2) is 9.54. The number of carbonyl (C=O) groups is 1. The van der Waals surface area contributed by atoms with Crippen molar-refractivity contribution in [1.29, 1.82) is 0 Å². The Balaban J connectivity index is 1.36. The largest absolute Gasteiger partial charge is 0.495 e. The first kappa shape index (κ1) is 22.5. The molecule has 4 aromatic rings. The number of ether oxygens (including phenoxy) is 2. The average molecular weight is 473 g/mol. The molecule has 2 aromatic heterocycles. The highest BCUT2D eigenvalue weighted by molar-refractivity contribution is 6.00. The van der Waals surface area contributed by atoms with Crippen molar-refractivity contribution in [3.05, 3.63) is 66.4 Å². The highest BCUT2D eigenvalue weighted by Crippen LogP contribution is 2.37. The van der Waals surface area contributed by atoms with Gasteiger partial charge in [-0.05, 0) is 36.6 Å². The fourth-order valence-corrected chi connectivity index (χ4v) is 4.55. The van der Waals surface area contributed by atoms with E-state index in [4.69, 9.17) is 26.0 Å². The Kier molecular flexibility index (Phi) is 6.13. The third-order valence-electron chi connectivity index (χ3n) is 6.43. The van der Waals surface area contributed by atoms with Crippen molar-refractivity contribution >= 4 is 28.5 Å². The molecule has 5 rings (SSSR count). The van der Waals surface area contributed by atoms with E-state index in [0.717, 1.165) is 40.6 Å². The van der Waals surface area contributed by atoms with Crippen LogP contribution in [0.15, 0.2) is 60.8 Å². The number of nitrogens with two attached hydrogens (primary N) is 2. The van der Waals surface area contributed by atoms with Crippen LogP contribution in [0.2, 0.25) is 0 Å². The lowest BCUT2D eigenvalue weighted by atomic mass is 10.1. The van der Waals surface area contributed by atoms with E-state index in [2.05, 4.69) is 4.98 Å². The van der Waals surface area contributed by atoms with Gasteiger partial charge in [0.1, 0.15) is 23.9 Å². The summed E-state index contributed by atoms with van der Waals surface area (Å²) in [7, 11) is 1.58. The maximum atomic E-state index is 12.6. The lowest BCUT2D eigenvalue weighted by Crippen LogP contribution is -2.39. The van der Waals surface area contributed by atoms with Gasteiger partial charge >= 0.3 is 6.09 Å². The maximum absolute atomic E-state index is 12.6. The van der Waals surface area contributed by atoms with E-state index in [0.29, 0.717) is 30.3 Å². The van der Waals surface area contributed by atoms with Crippen molar-refractivity contribution in [1.82, 2.24) is 19.7 Å². The van der Waals surface area contributed by atoms with Crippen molar-refractivity contribution < 1.29 is 14.3 Å². The van der Waals surface area contributed by atoms with Gasteiger partial charge < -0.3 is 25.8 Å². The minimum Gasteiger partial charge on any atom is -0.495 e. The van der Waals surface area contributed by atoms with Gasteiger partial charge in [0.2, 0.25) is 0 Å². The second-order valence-corrected chi connectivity index (χ2v) is 8.60. The molecule has 3 heterocycles. The van der Waals surface area contributed by atoms with E-state index in [1.165, 1.54) is 0 Å². The second-order valence-electron chi connectivity index (χ2n) is 8.60. The summed E-state index contributed by atoms with van der Waals surface area (Å²) >= 11 is 0. The molecule has 0 saturated carbocycles. The Hall–Kier alpha value is -4.27. The highest BCUT2D eigenvalue weighted by Gasteiger charge is 2.28. The number of anilines is 2. The number of pyridine rings is 1. The molecule has 9 heteroatoms. The van der Waals surface area contributed by atoms with E-state index in [-0.39, 0.29) is 18.7 Å². The quantitative estimate of drug-likeness (QED) is 0.417.